The van der Waals surface area contributed by atoms with Gasteiger partial charge in [0.25, 0.3) is 0 Å². The largest absolute Gasteiger partial charge is 0.0616 e. The van der Waals surface area contributed by atoms with E-state index in [0.717, 1.165) is 0 Å². The first-order valence-electron chi connectivity index (χ1n) is 11.0. The van der Waals surface area contributed by atoms with E-state index in [9.17, 15) is 0 Å². The van der Waals surface area contributed by atoms with E-state index in [-0.39, 0.29) is 5.41 Å². The lowest BCUT2D eigenvalue weighted by molar-refractivity contribution is 0.652. The molecule has 0 amide bonds. The minimum absolute atomic E-state index is 0.0894. The zero-order chi connectivity index (χ0) is 20.7. The van der Waals surface area contributed by atoms with E-state index >= 15 is 0 Å². The molecule has 1 aliphatic rings. The van der Waals surface area contributed by atoms with Crippen molar-refractivity contribution in [3.05, 3.63) is 108 Å². The average molecular weight is 395 g/mol. The van der Waals surface area contributed by atoms with Crippen LogP contribution in [-0.4, -0.2) is 0 Å². The maximum absolute atomic E-state index is 2.43. The van der Waals surface area contributed by atoms with Crippen LogP contribution in [0.1, 0.15) is 25.0 Å². The molecule has 146 valence electrons. The van der Waals surface area contributed by atoms with E-state index in [1.54, 1.807) is 0 Å². The van der Waals surface area contributed by atoms with Crippen molar-refractivity contribution in [2.45, 2.75) is 19.3 Å². The normalized spacial score (nSPS) is 14.4. The zero-order valence-corrected chi connectivity index (χ0v) is 17.7. The van der Waals surface area contributed by atoms with Gasteiger partial charge < -0.3 is 0 Å². The summed E-state index contributed by atoms with van der Waals surface area (Å²) >= 11 is 0. The standard InChI is InChI=1S/C31H22/c1-31(2)28-18-20-9-4-6-11-22(20)24-12-7-13-25(29(24)28)27-17-16-23-21-10-5-3-8-19(21)14-15-26(23)30(27)31/h3-18H,1-2H3. The summed E-state index contributed by atoms with van der Waals surface area (Å²) in [6.07, 6.45) is 0. The molecule has 0 nitrogen and oxygen atoms in total. The van der Waals surface area contributed by atoms with Crippen molar-refractivity contribution in [2.24, 2.45) is 0 Å². The molecule has 0 heterocycles. The molecule has 6 aromatic rings. The maximum atomic E-state index is 2.43. The Morgan fingerprint density at radius 1 is 0.484 bits per heavy atom. The first-order chi connectivity index (χ1) is 15.1. The number of rotatable bonds is 0. The fourth-order valence-corrected chi connectivity index (χ4v) is 6.00. The van der Waals surface area contributed by atoms with Crippen LogP contribution in [-0.2, 0) is 5.41 Å². The lowest BCUT2D eigenvalue weighted by Crippen LogP contribution is -2.24. The molecule has 0 unspecified atom stereocenters. The molecule has 0 spiro atoms. The summed E-state index contributed by atoms with van der Waals surface area (Å²) < 4.78 is 0. The lowest BCUT2D eigenvalue weighted by Gasteiger charge is -2.36. The highest BCUT2D eigenvalue weighted by Crippen LogP contribution is 2.52. The van der Waals surface area contributed by atoms with Crippen LogP contribution in [0, 0.1) is 0 Å². The molecule has 0 radical (unpaired) electrons. The molecule has 6 aromatic carbocycles. The SMILES string of the molecule is CC1(C)c2c(ccc3c2ccc2ccccc23)-c2cccc3c2c1cc1ccccc13. The summed E-state index contributed by atoms with van der Waals surface area (Å²) in [4.78, 5) is 0. The Morgan fingerprint density at radius 2 is 1.16 bits per heavy atom. The second-order valence-corrected chi connectivity index (χ2v) is 9.37. The van der Waals surface area contributed by atoms with Gasteiger partial charge >= 0.3 is 0 Å². The molecule has 0 bridgehead atoms. The number of hydrogen-bond acceptors (Lipinski definition) is 0. The molecule has 31 heavy (non-hydrogen) atoms. The predicted octanol–water partition coefficient (Wildman–Crippen LogP) is 8.61. The molecule has 0 N–H and O–H groups in total. The summed E-state index contributed by atoms with van der Waals surface area (Å²) in [5, 5.41) is 10.8. The average Bonchev–Trinajstić information content (AvgIpc) is 2.81. The Morgan fingerprint density at radius 3 is 2.00 bits per heavy atom. The van der Waals surface area contributed by atoms with Crippen LogP contribution in [0.4, 0.5) is 0 Å². The highest BCUT2D eigenvalue weighted by atomic mass is 14.4. The van der Waals surface area contributed by atoms with Crippen LogP contribution >= 0.6 is 0 Å². The van der Waals surface area contributed by atoms with E-state index in [4.69, 9.17) is 0 Å². The van der Waals surface area contributed by atoms with E-state index in [1.807, 2.05) is 0 Å². The van der Waals surface area contributed by atoms with Crippen LogP contribution < -0.4 is 0 Å². The fourth-order valence-electron chi connectivity index (χ4n) is 6.00. The molecular formula is C31H22. The molecule has 0 aromatic heterocycles. The van der Waals surface area contributed by atoms with E-state index in [0.29, 0.717) is 0 Å². The molecule has 0 heteroatoms. The van der Waals surface area contributed by atoms with Gasteiger partial charge in [-0.05, 0) is 71.4 Å². The number of hydrogen-bond donors (Lipinski definition) is 0. The Kier molecular flexibility index (Phi) is 3.16. The summed E-state index contributed by atoms with van der Waals surface area (Å²) in [7, 11) is 0. The van der Waals surface area contributed by atoms with Gasteiger partial charge in [0.15, 0.2) is 0 Å². The van der Waals surface area contributed by atoms with Gasteiger partial charge in [0.1, 0.15) is 0 Å². The summed E-state index contributed by atoms with van der Waals surface area (Å²) in [5.74, 6) is 0. The molecule has 0 atom stereocenters. The van der Waals surface area contributed by atoms with Crippen LogP contribution in [0.25, 0.3) is 54.2 Å². The third-order valence-electron chi connectivity index (χ3n) is 7.40. The fraction of sp³-hybridized carbons (Fsp3) is 0.0968. The van der Waals surface area contributed by atoms with Crippen molar-refractivity contribution < 1.29 is 0 Å². The lowest BCUT2D eigenvalue weighted by atomic mass is 9.66. The second kappa shape index (κ2) is 5.74. The predicted molar refractivity (Wildman–Crippen MR) is 134 cm³/mol. The van der Waals surface area contributed by atoms with Crippen molar-refractivity contribution in [1.82, 2.24) is 0 Å². The third-order valence-corrected chi connectivity index (χ3v) is 7.40. The smallest absolute Gasteiger partial charge is 0.0165 e. The van der Waals surface area contributed by atoms with Gasteiger partial charge in [0.05, 0.1) is 0 Å². The Balaban J connectivity index is 1.71. The molecule has 0 saturated heterocycles. The van der Waals surface area contributed by atoms with Gasteiger partial charge in [0, 0.05) is 5.41 Å². The van der Waals surface area contributed by atoms with Gasteiger partial charge in [-0.15, -0.1) is 0 Å². The van der Waals surface area contributed by atoms with Crippen LogP contribution in [0.2, 0.25) is 0 Å². The topological polar surface area (TPSA) is 0 Å². The molecule has 7 rings (SSSR count). The highest BCUT2D eigenvalue weighted by Gasteiger charge is 2.35. The van der Waals surface area contributed by atoms with Crippen LogP contribution in [0.3, 0.4) is 0 Å². The Hall–Kier alpha value is -3.64. The van der Waals surface area contributed by atoms with E-state index < -0.39 is 0 Å². The monoisotopic (exact) mass is 394 g/mol. The molecule has 0 fully saturated rings. The molecular weight excluding hydrogens is 372 g/mol. The van der Waals surface area contributed by atoms with Crippen molar-refractivity contribution in [2.75, 3.05) is 0 Å². The van der Waals surface area contributed by atoms with E-state index in [2.05, 4.69) is 111 Å². The minimum atomic E-state index is -0.0894. The Labute approximate surface area is 181 Å². The first-order valence-corrected chi connectivity index (χ1v) is 11.0. The molecule has 0 saturated carbocycles. The highest BCUT2D eigenvalue weighted by molar-refractivity contribution is 6.18. The summed E-state index contributed by atoms with van der Waals surface area (Å²) in [6, 6.07) is 36.1. The Bertz CT molecular complexity index is 1700. The van der Waals surface area contributed by atoms with Crippen molar-refractivity contribution in [1.29, 1.82) is 0 Å². The van der Waals surface area contributed by atoms with Gasteiger partial charge in [-0.2, -0.15) is 0 Å². The van der Waals surface area contributed by atoms with Gasteiger partial charge in [-0.3, -0.25) is 0 Å². The molecule has 0 aliphatic heterocycles. The summed E-state index contributed by atoms with van der Waals surface area (Å²) in [5.41, 5.74) is 5.54. The number of benzene rings is 6. The van der Waals surface area contributed by atoms with Crippen molar-refractivity contribution >= 4 is 43.1 Å². The summed E-state index contributed by atoms with van der Waals surface area (Å²) in [6.45, 7) is 4.81. The van der Waals surface area contributed by atoms with Gasteiger partial charge in [-0.1, -0.05) is 105 Å². The third kappa shape index (κ3) is 2.10. The first kappa shape index (κ1) is 17.1. The van der Waals surface area contributed by atoms with E-state index in [1.165, 1.54) is 65.3 Å². The van der Waals surface area contributed by atoms with Crippen molar-refractivity contribution in [3.8, 4) is 11.1 Å². The molecule has 1 aliphatic carbocycles. The number of fused-ring (bicyclic) bond motifs is 8. The van der Waals surface area contributed by atoms with Crippen molar-refractivity contribution in [3.63, 3.8) is 0 Å². The minimum Gasteiger partial charge on any atom is -0.0616 e. The maximum Gasteiger partial charge on any atom is 0.0165 e. The quantitative estimate of drug-likeness (QED) is 0.226. The van der Waals surface area contributed by atoms with Crippen LogP contribution in [0.5, 0.6) is 0 Å². The van der Waals surface area contributed by atoms with Gasteiger partial charge in [-0.25, -0.2) is 0 Å². The second-order valence-electron chi connectivity index (χ2n) is 9.37. The van der Waals surface area contributed by atoms with Gasteiger partial charge in [0.2, 0.25) is 0 Å². The zero-order valence-electron chi connectivity index (χ0n) is 17.7. The van der Waals surface area contributed by atoms with Crippen LogP contribution in [0.15, 0.2) is 97.1 Å².